The standard InChI is InChI=1S/C21H32N2O6/c1-4-7-11-22(10-5-2)19(26)17-21-9-8-14(29-21)15(20(27)28-6-3)16(21)18(25)23(17)12-13-24/h5,14-17,24H,2,4,6-13H2,1,3H3/t14-,15+,16+,17-,21+/m0/s1. The zero-order valence-electron chi connectivity index (χ0n) is 17.3. The van der Waals surface area contributed by atoms with Gasteiger partial charge in [0.05, 0.1) is 31.2 Å². The molecule has 3 aliphatic rings. The Balaban J connectivity index is 1.97. The van der Waals surface area contributed by atoms with Crippen LogP contribution >= 0.6 is 0 Å². The van der Waals surface area contributed by atoms with Crippen molar-refractivity contribution in [2.75, 3.05) is 32.8 Å². The molecule has 3 fully saturated rings. The van der Waals surface area contributed by atoms with Crippen molar-refractivity contribution in [1.29, 1.82) is 0 Å². The summed E-state index contributed by atoms with van der Waals surface area (Å²) in [6.45, 7) is 8.46. The molecule has 0 aromatic heterocycles. The molecule has 0 saturated carbocycles. The first-order valence-corrected chi connectivity index (χ1v) is 10.6. The minimum absolute atomic E-state index is 0.0345. The topological polar surface area (TPSA) is 96.4 Å². The molecule has 3 aliphatic heterocycles. The summed E-state index contributed by atoms with van der Waals surface area (Å²) in [6, 6.07) is -0.839. The molecule has 3 rings (SSSR count). The first kappa shape index (κ1) is 21.8. The zero-order valence-corrected chi connectivity index (χ0v) is 17.3. The van der Waals surface area contributed by atoms with E-state index in [-0.39, 0.29) is 31.6 Å². The van der Waals surface area contributed by atoms with Gasteiger partial charge in [0.15, 0.2) is 0 Å². The molecule has 0 aromatic rings. The number of carbonyl (C=O) groups is 3. The van der Waals surface area contributed by atoms with E-state index in [2.05, 4.69) is 6.58 Å². The van der Waals surface area contributed by atoms with E-state index in [1.807, 2.05) is 6.92 Å². The Bertz CT molecular complexity index is 668. The number of fused-ring (bicyclic) bond motifs is 1. The highest BCUT2D eigenvalue weighted by Crippen LogP contribution is 2.58. The average Bonchev–Trinajstić information content (AvgIpc) is 3.33. The van der Waals surface area contributed by atoms with Crippen LogP contribution in [0.15, 0.2) is 12.7 Å². The summed E-state index contributed by atoms with van der Waals surface area (Å²) < 4.78 is 11.5. The molecule has 8 heteroatoms. The molecular formula is C21H32N2O6. The molecule has 0 unspecified atom stereocenters. The third-order valence-corrected chi connectivity index (χ3v) is 6.38. The predicted molar refractivity (Wildman–Crippen MR) is 105 cm³/mol. The molecule has 1 N–H and O–H groups in total. The van der Waals surface area contributed by atoms with E-state index in [4.69, 9.17) is 9.47 Å². The molecule has 0 aromatic carbocycles. The van der Waals surface area contributed by atoms with Crippen molar-refractivity contribution in [2.24, 2.45) is 11.8 Å². The van der Waals surface area contributed by atoms with Crippen molar-refractivity contribution in [3.05, 3.63) is 12.7 Å². The highest BCUT2D eigenvalue weighted by Gasteiger charge is 2.74. The normalized spacial score (nSPS) is 32.4. The monoisotopic (exact) mass is 408 g/mol. The summed E-state index contributed by atoms with van der Waals surface area (Å²) in [6.07, 6.45) is 4.19. The second-order valence-corrected chi connectivity index (χ2v) is 7.99. The lowest BCUT2D eigenvalue weighted by Crippen LogP contribution is -2.56. The largest absolute Gasteiger partial charge is 0.466 e. The van der Waals surface area contributed by atoms with Gasteiger partial charge in [0.2, 0.25) is 11.8 Å². The van der Waals surface area contributed by atoms with Gasteiger partial charge in [-0.3, -0.25) is 14.4 Å². The Morgan fingerprint density at radius 2 is 2.21 bits per heavy atom. The van der Waals surface area contributed by atoms with Gasteiger partial charge in [-0.15, -0.1) is 6.58 Å². The smallest absolute Gasteiger partial charge is 0.312 e. The highest BCUT2D eigenvalue weighted by atomic mass is 16.6. The molecule has 162 valence electrons. The van der Waals surface area contributed by atoms with Crippen molar-refractivity contribution >= 4 is 17.8 Å². The Labute approximate surface area is 171 Å². The van der Waals surface area contributed by atoms with E-state index in [1.165, 1.54) is 4.90 Å². The Morgan fingerprint density at radius 1 is 1.45 bits per heavy atom. The molecule has 3 heterocycles. The number of hydrogen-bond acceptors (Lipinski definition) is 6. The van der Waals surface area contributed by atoms with Gasteiger partial charge in [0.25, 0.3) is 0 Å². The summed E-state index contributed by atoms with van der Waals surface area (Å²) >= 11 is 0. The fourth-order valence-electron chi connectivity index (χ4n) is 5.26. The molecule has 0 radical (unpaired) electrons. The number of amides is 2. The first-order valence-electron chi connectivity index (χ1n) is 10.6. The number of carbonyl (C=O) groups excluding carboxylic acids is 3. The van der Waals surface area contributed by atoms with Gasteiger partial charge in [-0.2, -0.15) is 0 Å². The number of unbranched alkanes of at least 4 members (excludes halogenated alkanes) is 1. The molecule has 1 spiro atoms. The average molecular weight is 408 g/mol. The molecule has 5 atom stereocenters. The maximum atomic E-state index is 13.6. The highest BCUT2D eigenvalue weighted by molar-refractivity contribution is 5.98. The summed E-state index contributed by atoms with van der Waals surface area (Å²) in [4.78, 5) is 42.7. The number of aliphatic hydroxyl groups is 1. The van der Waals surface area contributed by atoms with Gasteiger partial charge >= 0.3 is 5.97 Å². The van der Waals surface area contributed by atoms with E-state index >= 15 is 0 Å². The number of esters is 1. The van der Waals surface area contributed by atoms with Gasteiger partial charge in [0.1, 0.15) is 11.6 Å². The first-order chi connectivity index (χ1) is 14.0. The zero-order chi connectivity index (χ0) is 21.2. The second kappa shape index (κ2) is 8.83. The van der Waals surface area contributed by atoms with Crippen LogP contribution in [0.3, 0.4) is 0 Å². The van der Waals surface area contributed by atoms with Gasteiger partial charge in [-0.25, -0.2) is 0 Å². The van der Waals surface area contributed by atoms with Crippen LogP contribution < -0.4 is 0 Å². The number of β-amino-alcohol motifs (C(OH)–C–C–N with tert-alkyl or cyclic N) is 1. The Morgan fingerprint density at radius 3 is 2.83 bits per heavy atom. The molecule has 2 bridgehead atoms. The van der Waals surface area contributed by atoms with Crippen LogP contribution in [0.5, 0.6) is 0 Å². The third-order valence-electron chi connectivity index (χ3n) is 6.38. The molecule has 3 saturated heterocycles. The van der Waals surface area contributed by atoms with Crippen molar-refractivity contribution in [3.8, 4) is 0 Å². The van der Waals surface area contributed by atoms with E-state index in [0.29, 0.717) is 25.9 Å². The van der Waals surface area contributed by atoms with Crippen molar-refractivity contribution in [2.45, 2.75) is 57.3 Å². The van der Waals surface area contributed by atoms with Gasteiger partial charge in [0, 0.05) is 19.6 Å². The lowest BCUT2D eigenvalue weighted by Gasteiger charge is -2.36. The number of hydrogen-bond donors (Lipinski definition) is 1. The Kier molecular flexibility index (Phi) is 6.63. The Hall–Kier alpha value is -1.93. The van der Waals surface area contributed by atoms with Gasteiger partial charge in [-0.1, -0.05) is 19.4 Å². The molecule has 2 amide bonds. The van der Waals surface area contributed by atoms with E-state index in [1.54, 1.807) is 17.9 Å². The molecule has 0 aliphatic carbocycles. The number of rotatable bonds is 10. The molecule has 29 heavy (non-hydrogen) atoms. The maximum absolute atomic E-state index is 13.6. The molecular weight excluding hydrogens is 376 g/mol. The molecule has 8 nitrogen and oxygen atoms in total. The van der Waals surface area contributed by atoms with Crippen LogP contribution in [0.2, 0.25) is 0 Å². The van der Waals surface area contributed by atoms with Gasteiger partial charge in [-0.05, 0) is 26.2 Å². The maximum Gasteiger partial charge on any atom is 0.312 e. The minimum Gasteiger partial charge on any atom is -0.466 e. The SMILES string of the molecule is C=CCN(CCCC)C(=O)[C@@H]1N(CCO)C(=O)[C@H]2[C@H](C(=O)OCC)[C@@H]3CC[C@]12O3. The van der Waals surface area contributed by atoms with Crippen molar-refractivity contribution in [3.63, 3.8) is 0 Å². The van der Waals surface area contributed by atoms with Gasteiger partial charge < -0.3 is 24.4 Å². The van der Waals surface area contributed by atoms with E-state index in [9.17, 15) is 19.5 Å². The predicted octanol–water partition coefficient (Wildman–Crippen LogP) is 0.731. The number of nitrogens with zero attached hydrogens (tertiary/aromatic N) is 2. The quantitative estimate of drug-likeness (QED) is 0.423. The minimum atomic E-state index is -1.03. The van der Waals surface area contributed by atoms with Crippen LogP contribution in [-0.4, -0.2) is 83.3 Å². The van der Waals surface area contributed by atoms with Crippen LogP contribution in [0.25, 0.3) is 0 Å². The number of aliphatic hydroxyl groups excluding tert-OH is 1. The number of likely N-dealkylation sites (tertiary alicyclic amines) is 1. The summed E-state index contributed by atoms with van der Waals surface area (Å²) in [5, 5.41) is 9.55. The van der Waals surface area contributed by atoms with Crippen LogP contribution in [-0.2, 0) is 23.9 Å². The van der Waals surface area contributed by atoms with Crippen LogP contribution in [0.1, 0.15) is 39.5 Å². The van der Waals surface area contributed by atoms with Crippen LogP contribution in [0.4, 0.5) is 0 Å². The van der Waals surface area contributed by atoms with Crippen LogP contribution in [0, 0.1) is 11.8 Å². The summed E-state index contributed by atoms with van der Waals surface area (Å²) in [5.41, 5.74) is -1.03. The summed E-state index contributed by atoms with van der Waals surface area (Å²) in [5.74, 6) is -2.38. The fourth-order valence-corrected chi connectivity index (χ4v) is 5.26. The van der Waals surface area contributed by atoms with Crippen molar-refractivity contribution in [1.82, 2.24) is 9.80 Å². The summed E-state index contributed by atoms with van der Waals surface area (Å²) in [7, 11) is 0. The van der Waals surface area contributed by atoms with E-state index in [0.717, 1.165) is 12.8 Å². The third kappa shape index (κ3) is 3.46. The number of ether oxygens (including phenoxy) is 2. The second-order valence-electron chi connectivity index (χ2n) is 7.99. The fraction of sp³-hybridized carbons (Fsp3) is 0.762. The lowest BCUT2D eigenvalue weighted by molar-refractivity contribution is -0.155. The van der Waals surface area contributed by atoms with E-state index < -0.39 is 35.6 Å². The van der Waals surface area contributed by atoms with Crippen molar-refractivity contribution < 1.29 is 29.0 Å². The lowest BCUT2D eigenvalue weighted by atomic mass is 9.70.